The van der Waals surface area contributed by atoms with E-state index < -0.39 is 26.3 Å². The first-order chi connectivity index (χ1) is 18.6. The second-order valence-corrected chi connectivity index (χ2v) is 14.9. The molecule has 0 amide bonds. The van der Waals surface area contributed by atoms with Crippen LogP contribution in [-0.4, -0.2) is 45.7 Å². The Kier molecular flexibility index (Phi) is 8.47. The van der Waals surface area contributed by atoms with Crippen molar-refractivity contribution < 1.29 is 33.3 Å². The summed E-state index contributed by atoms with van der Waals surface area (Å²) >= 11 is 0. The van der Waals surface area contributed by atoms with Crippen LogP contribution in [0.15, 0.2) is 72.8 Å². The predicted molar refractivity (Wildman–Crippen MR) is 151 cm³/mol. The van der Waals surface area contributed by atoms with Crippen LogP contribution < -0.4 is 15.1 Å². The fourth-order valence-corrected chi connectivity index (χ4v) is 10.1. The number of benzene rings is 3. The molecule has 7 nitrogen and oxygen atoms in total. The van der Waals surface area contributed by atoms with Gasteiger partial charge in [0.15, 0.2) is 0 Å². The molecule has 1 N–H and O–H groups in total. The maximum Gasteiger partial charge on any atom is 0.342 e. The lowest BCUT2D eigenvalue weighted by Gasteiger charge is -2.46. The normalized spacial score (nSPS) is 16.4. The molecule has 206 valence electrons. The first-order valence-corrected chi connectivity index (χ1v) is 15.1. The number of phenols is 1. The summed E-state index contributed by atoms with van der Waals surface area (Å²) in [6.07, 6.45) is -0.675. The number of esters is 2. The van der Waals surface area contributed by atoms with Gasteiger partial charge >= 0.3 is 11.9 Å². The van der Waals surface area contributed by atoms with E-state index in [0.29, 0.717) is 11.3 Å². The van der Waals surface area contributed by atoms with Crippen LogP contribution >= 0.6 is 0 Å². The van der Waals surface area contributed by atoms with E-state index in [0.717, 1.165) is 10.4 Å². The highest BCUT2D eigenvalue weighted by atomic mass is 28.4. The van der Waals surface area contributed by atoms with E-state index in [4.69, 9.17) is 18.6 Å². The zero-order chi connectivity index (χ0) is 28.2. The van der Waals surface area contributed by atoms with Gasteiger partial charge in [-0.3, -0.25) is 4.79 Å². The highest BCUT2D eigenvalue weighted by molar-refractivity contribution is 6.99. The summed E-state index contributed by atoms with van der Waals surface area (Å²) in [6, 6.07) is 23.3. The molecule has 0 saturated carbocycles. The molecule has 1 aliphatic rings. The Balaban J connectivity index is 2.02. The minimum atomic E-state index is -3.15. The Labute approximate surface area is 230 Å². The van der Waals surface area contributed by atoms with Gasteiger partial charge in [-0.25, -0.2) is 4.79 Å². The number of aromatic hydroxyl groups is 1. The molecular formula is C31H36O7Si. The van der Waals surface area contributed by atoms with Crippen molar-refractivity contribution in [1.29, 1.82) is 0 Å². The lowest BCUT2D eigenvalue weighted by Crippen LogP contribution is -2.67. The number of carbonyl (C=O) groups excluding carboxylic acids is 2. The number of cyclic esters (lactones) is 1. The molecule has 3 aromatic rings. The fraction of sp³-hybridized carbons (Fsp3) is 0.355. The van der Waals surface area contributed by atoms with Crippen molar-refractivity contribution in [2.75, 3.05) is 20.3 Å². The fourth-order valence-electron chi connectivity index (χ4n) is 5.41. The first kappa shape index (κ1) is 28.4. The van der Waals surface area contributed by atoms with Crippen molar-refractivity contribution in [3.8, 4) is 11.5 Å². The molecule has 4 rings (SSSR count). The minimum Gasteiger partial charge on any atom is -0.507 e. The second kappa shape index (κ2) is 11.6. The van der Waals surface area contributed by atoms with Crippen LogP contribution in [0.3, 0.4) is 0 Å². The molecule has 0 aliphatic carbocycles. The monoisotopic (exact) mass is 548 g/mol. The van der Waals surface area contributed by atoms with E-state index in [1.54, 1.807) is 13.0 Å². The molecule has 0 unspecified atom stereocenters. The zero-order valence-electron chi connectivity index (χ0n) is 23.1. The van der Waals surface area contributed by atoms with Gasteiger partial charge in [-0.15, -0.1) is 0 Å². The number of methoxy groups -OCH3 is 1. The highest BCUT2D eigenvalue weighted by Crippen LogP contribution is 2.46. The third-order valence-electron chi connectivity index (χ3n) is 7.18. The van der Waals surface area contributed by atoms with Gasteiger partial charge in [0.05, 0.1) is 32.8 Å². The van der Waals surface area contributed by atoms with Crippen molar-refractivity contribution in [2.45, 2.75) is 45.3 Å². The number of rotatable bonds is 9. The maximum atomic E-state index is 13.2. The molecule has 0 aromatic heterocycles. The van der Waals surface area contributed by atoms with E-state index in [-0.39, 0.29) is 42.0 Å². The summed E-state index contributed by atoms with van der Waals surface area (Å²) in [4.78, 5) is 25.6. The van der Waals surface area contributed by atoms with E-state index in [1.165, 1.54) is 13.2 Å². The molecule has 0 spiro atoms. The van der Waals surface area contributed by atoms with Gasteiger partial charge < -0.3 is 23.7 Å². The van der Waals surface area contributed by atoms with Gasteiger partial charge in [0.25, 0.3) is 8.32 Å². The van der Waals surface area contributed by atoms with Crippen molar-refractivity contribution in [1.82, 2.24) is 0 Å². The summed E-state index contributed by atoms with van der Waals surface area (Å²) in [6.45, 7) is 8.43. The average molecular weight is 549 g/mol. The largest absolute Gasteiger partial charge is 0.507 e. The summed E-state index contributed by atoms with van der Waals surface area (Å²) in [5.41, 5.74) is 0.404. The summed E-state index contributed by atoms with van der Waals surface area (Å²) in [7, 11) is -1.66. The lowest BCUT2D eigenvalue weighted by atomic mass is 9.91. The Hall–Kier alpha value is -3.62. The van der Waals surface area contributed by atoms with E-state index in [1.807, 2.05) is 36.4 Å². The molecular weight excluding hydrogens is 512 g/mol. The molecule has 39 heavy (non-hydrogen) atoms. The van der Waals surface area contributed by atoms with Gasteiger partial charge in [-0.1, -0.05) is 81.4 Å². The Morgan fingerprint density at radius 3 is 2.10 bits per heavy atom. The van der Waals surface area contributed by atoms with Crippen LogP contribution in [0.4, 0.5) is 0 Å². The van der Waals surface area contributed by atoms with Crippen LogP contribution in [-0.2, 0) is 18.7 Å². The van der Waals surface area contributed by atoms with Gasteiger partial charge in [-0.2, -0.15) is 0 Å². The van der Waals surface area contributed by atoms with Crippen LogP contribution in [0.25, 0.3) is 0 Å². The number of carbonyl (C=O) groups is 2. The standard InChI is InChI=1S/C31H36O7Si/c1-6-36-30(34)28-25(18-22(35-5)19-26(28)32)29(21-17-27(33)37-20-21)38-39(31(2,3)4,23-13-9-7-10-14-23)24-15-11-8-12-16-24/h7-16,18-19,21,29,32H,6,17,20H2,1-5H3/t21-,29-/m0/s1. The van der Waals surface area contributed by atoms with Crippen LogP contribution in [0.1, 0.15) is 56.1 Å². The lowest BCUT2D eigenvalue weighted by molar-refractivity contribution is -0.137. The second-order valence-electron chi connectivity index (χ2n) is 10.7. The van der Waals surface area contributed by atoms with E-state index >= 15 is 0 Å². The molecule has 8 heteroatoms. The third-order valence-corrected chi connectivity index (χ3v) is 12.2. The first-order valence-electron chi connectivity index (χ1n) is 13.1. The predicted octanol–water partition coefficient (Wildman–Crippen LogP) is 4.76. The minimum absolute atomic E-state index is 0.0000634. The smallest absolute Gasteiger partial charge is 0.342 e. The Morgan fingerprint density at radius 1 is 1.05 bits per heavy atom. The molecule has 0 radical (unpaired) electrons. The van der Waals surface area contributed by atoms with Crippen molar-refractivity contribution >= 4 is 30.6 Å². The summed E-state index contributed by atoms with van der Waals surface area (Å²) < 4.78 is 23.7. The van der Waals surface area contributed by atoms with E-state index in [2.05, 4.69) is 45.0 Å². The molecule has 1 saturated heterocycles. The van der Waals surface area contributed by atoms with Crippen molar-refractivity contribution in [2.24, 2.45) is 5.92 Å². The third kappa shape index (κ3) is 5.58. The number of phenolic OH excluding ortho intramolecular Hbond substituents is 1. The van der Waals surface area contributed by atoms with Crippen LogP contribution in [0.2, 0.25) is 5.04 Å². The Bertz CT molecular complexity index is 1260. The summed E-state index contributed by atoms with van der Waals surface area (Å²) in [5.74, 6) is -1.32. The van der Waals surface area contributed by atoms with Crippen molar-refractivity contribution in [3.63, 3.8) is 0 Å². The van der Waals surface area contributed by atoms with Gasteiger partial charge in [-0.05, 0) is 28.4 Å². The van der Waals surface area contributed by atoms with Gasteiger partial charge in [0, 0.05) is 17.5 Å². The number of ether oxygens (including phenoxy) is 3. The molecule has 1 heterocycles. The zero-order valence-corrected chi connectivity index (χ0v) is 24.1. The molecule has 0 bridgehead atoms. The average Bonchev–Trinajstić information content (AvgIpc) is 3.35. The molecule has 1 aliphatic heterocycles. The maximum absolute atomic E-state index is 13.2. The molecule has 3 aromatic carbocycles. The summed E-state index contributed by atoms with van der Waals surface area (Å²) in [5, 5.41) is 12.7. The molecule has 1 fully saturated rings. The van der Waals surface area contributed by atoms with Crippen LogP contribution in [0.5, 0.6) is 11.5 Å². The number of hydrogen-bond donors (Lipinski definition) is 1. The molecule has 2 atom stereocenters. The number of hydrogen-bond acceptors (Lipinski definition) is 7. The van der Waals surface area contributed by atoms with Gasteiger partial charge in [0.1, 0.15) is 17.1 Å². The topological polar surface area (TPSA) is 91.3 Å². The Morgan fingerprint density at radius 2 is 1.64 bits per heavy atom. The van der Waals surface area contributed by atoms with Crippen LogP contribution in [0, 0.1) is 5.92 Å². The quantitative estimate of drug-likeness (QED) is 0.305. The highest BCUT2D eigenvalue weighted by Gasteiger charge is 2.53. The van der Waals surface area contributed by atoms with Crippen molar-refractivity contribution in [3.05, 3.63) is 83.9 Å². The SMILES string of the molecule is CCOC(=O)c1c(O)cc(OC)cc1[C@@H](O[Si](c1ccccc1)(c1ccccc1)C(C)(C)C)[C@@H]1COC(=O)C1. The van der Waals surface area contributed by atoms with E-state index in [9.17, 15) is 14.7 Å². The van der Waals surface area contributed by atoms with Gasteiger partial charge in [0.2, 0.25) is 0 Å².